The highest BCUT2D eigenvalue weighted by atomic mass is 32.1. The number of anilines is 1. The van der Waals surface area contributed by atoms with Crippen LogP contribution in [0.2, 0.25) is 0 Å². The van der Waals surface area contributed by atoms with E-state index >= 15 is 0 Å². The number of fused-ring (bicyclic) bond motifs is 1. The Bertz CT molecular complexity index is 2830. The highest BCUT2D eigenvalue weighted by molar-refractivity contribution is 7.13. The summed E-state index contributed by atoms with van der Waals surface area (Å²) in [6.07, 6.45) is 7.67. The molecular weight excluding hydrogens is 829 g/mol. The lowest BCUT2D eigenvalue weighted by Crippen LogP contribution is -2.49. The van der Waals surface area contributed by atoms with Gasteiger partial charge in [0.25, 0.3) is 0 Å². The van der Waals surface area contributed by atoms with Gasteiger partial charge in [-0.05, 0) is 74.4 Å². The maximum atomic E-state index is 14.3. The van der Waals surface area contributed by atoms with E-state index in [4.69, 9.17) is 9.97 Å². The predicted octanol–water partition coefficient (Wildman–Crippen LogP) is 6.65. The standard InChI is InChI=1S/C47H50N12O4S/c1-26(2)43(46(63)57-23-34(60)17-41(57)45(62)51-27(3)29-9-11-30(12-10-29)44-28(4)50-25-64-44)58-24-38(54-55-58)32-20-48-47(49-21-32)56-16-15-31(22-56)39-19-37-40(59(39)33-13-14-33)18-36(52-53-37)35-7-5-6-8-42(35)61/h5-12,18-21,24-27,31,33-34,41,43,60-61H,13-17,22-23H2,1-4H3,(H,51,62)/t27-,31-,34+,41-,43?/m0/s1. The van der Waals surface area contributed by atoms with E-state index in [2.05, 4.69) is 46.3 Å². The highest BCUT2D eigenvalue weighted by Gasteiger charge is 2.43. The summed E-state index contributed by atoms with van der Waals surface area (Å²) >= 11 is 1.59. The summed E-state index contributed by atoms with van der Waals surface area (Å²) in [6.45, 7) is 9.34. The maximum Gasteiger partial charge on any atom is 0.248 e. The van der Waals surface area contributed by atoms with Crippen molar-refractivity contribution in [3.05, 3.63) is 102 Å². The Morgan fingerprint density at radius 3 is 2.39 bits per heavy atom. The van der Waals surface area contributed by atoms with E-state index in [0.29, 0.717) is 34.5 Å². The van der Waals surface area contributed by atoms with Crippen LogP contribution in [0.25, 0.3) is 44.0 Å². The topological polar surface area (TPSA) is 193 Å². The van der Waals surface area contributed by atoms with Gasteiger partial charge >= 0.3 is 0 Å². The molecule has 0 bridgehead atoms. The predicted molar refractivity (Wildman–Crippen MR) is 242 cm³/mol. The van der Waals surface area contributed by atoms with Crippen molar-refractivity contribution in [3.63, 3.8) is 0 Å². The smallest absolute Gasteiger partial charge is 0.248 e. The number of aromatic hydroxyl groups is 1. The largest absolute Gasteiger partial charge is 0.507 e. The molecular formula is C47H50N12O4S. The Labute approximate surface area is 374 Å². The molecule has 5 atom stereocenters. The first-order chi connectivity index (χ1) is 31.0. The Hall–Kier alpha value is -6.59. The molecule has 2 saturated heterocycles. The van der Waals surface area contributed by atoms with Gasteiger partial charge in [0.15, 0.2) is 0 Å². The monoisotopic (exact) mass is 878 g/mol. The number of amides is 2. The van der Waals surface area contributed by atoms with Gasteiger partial charge in [-0.15, -0.1) is 26.6 Å². The number of carbonyl (C=O) groups is 2. The molecule has 16 nitrogen and oxygen atoms in total. The molecule has 0 spiro atoms. The fourth-order valence-corrected chi connectivity index (χ4v) is 10.1. The van der Waals surface area contributed by atoms with Crippen LogP contribution in [0.3, 0.4) is 0 Å². The molecule has 1 unspecified atom stereocenters. The fourth-order valence-electron chi connectivity index (χ4n) is 9.33. The van der Waals surface area contributed by atoms with Gasteiger partial charge in [0.05, 0.1) is 45.6 Å². The van der Waals surface area contributed by atoms with Crippen LogP contribution >= 0.6 is 11.3 Å². The number of benzene rings is 2. The third-order valence-electron chi connectivity index (χ3n) is 12.9. The molecule has 10 rings (SSSR count). The quantitative estimate of drug-likeness (QED) is 0.119. The summed E-state index contributed by atoms with van der Waals surface area (Å²) in [5.74, 6) is 0.231. The van der Waals surface area contributed by atoms with Gasteiger partial charge in [0, 0.05) is 67.2 Å². The number of aryl methyl sites for hydroxylation is 1. The zero-order valence-electron chi connectivity index (χ0n) is 36.1. The fraction of sp³-hybridized carbons (Fsp3) is 0.383. The number of aliphatic hydroxyl groups excluding tert-OH is 1. The van der Waals surface area contributed by atoms with Crippen LogP contribution in [0, 0.1) is 12.8 Å². The molecule has 5 aromatic heterocycles. The van der Waals surface area contributed by atoms with Crippen LogP contribution in [0.15, 0.2) is 84.8 Å². The van der Waals surface area contributed by atoms with E-state index < -0.39 is 18.2 Å². The molecule has 2 aliphatic heterocycles. The van der Waals surface area contributed by atoms with E-state index in [1.807, 2.05) is 75.7 Å². The molecule has 17 heteroatoms. The van der Waals surface area contributed by atoms with Crippen molar-refractivity contribution in [3.8, 4) is 38.7 Å². The minimum atomic E-state index is -0.840. The summed E-state index contributed by atoms with van der Waals surface area (Å²) in [6, 6.07) is 18.0. The number of rotatable bonds is 12. The zero-order chi connectivity index (χ0) is 44.2. The average molecular weight is 879 g/mol. The number of hydrogen-bond acceptors (Lipinski definition) is 13. The van der Waals surface area contributed by atoms with Gasteiger partial charge in [0.1, 0.15) is 29.0 Å². The normalized spacial score (nSPS) is 19.8. The number of carbonyl (C=O) groups excluding carboxylic acids is 2. The number of hydrogen-bond donors (Lipinski definition) is 3. The molecule has 64 heavy (non-hydrogen) atoms. The number of aliphatic hydroxyl groups is 1. The summed E-state index contributed by atoms with van der Waals surface area (Å²) in [5, 5.41) is 42.2. The molecule has 3 aliphatic rings. The van der Waals surface area contributed by atoms with E-state index in [0.717, 1.165) is 65.1 Å². The molecule has 7 aromatic rings. The third-order valence-corrected chi connectivity index (χ3v) is 13.8. The van der Waals surface area contributed by atoms with Crippen LogP contribution in [0.1, 0.15) is 87.4 Å². The van der Waals surface area contributed by atoms with Gasteiger partial charge in [-0.25, -0.2) is 19.6 Å². The third kappa shape index (κ3) is 7.87. The van der Waals surface area contributed by atoms with E-state index in [1.165, 1.54) is 10.6 Å². The molecule has 0 radical (unpaired) electrons. The van der Waals surface area contributed by atoms with E-state index in [1.54, 1.807) is 46.7 Å². The van der Waals surface area contributed by atoms with Crippen molar-refractivity contribution in [2.75, 3.05) is 24.5 Å². The Morgan fingerprint density at radius 1 is 0.891 bits per heavy atom. The number of nitrogens with zero attached hydrogens (tertiary/aromatic N) is 11. The van der Waals surface area contributed by atoms with E-state index in [9.17, 15) is 19.8 Å². The van der Waals surface area contributed by atoms with Crippen molar-refractivity contribution in [1.82, 2.24) is 54.9 Å². The minimum Gasteiger partial charge on any atom is -0.507 e. The second-order valence-corrected chi connectivity index (χ2v) is 18.5. The molecule has 328 valence electrons. The van der Waals surface area contributed by atoms with Crippen molar-refractivity contribution in [2.24, 2.45) is 5.92 Å². The number of likely N-dealkylation sites (tertiary alicyclic amines) is 1. The molecule has 7 heterocycles. The first-order valence-electron chi connectivity index (χ1n) is 22.0. The Kier molecular flexibility index (Phi) is 10.9. The van der Waals surface area contributed by atoms with Crippen molar-refractivity contribution in [2.45, 2.75) is 89.6 Å². The number of nitrogens with one attached hydrogen (secondary N) is 1. The zero-order valence-corrected chi connectivity index (χ0v) is 36.9. The molecule has 2 aromatic carbocycles. The molecule has 2 amide bonds. The Balaban J connectivity index is 0.807. The number of β-amino-alcohol motifs (C(OH)–C–C–N with tert-alkyl or cyclic N) is 1. The maximum absolute atomic E-state index is 14.3. The number of phenolic OH excluding ortho intramolecular Hbond substituents is 1. The molecule has 3 N–H and O–H groups in total. The molecule has 1 aliphatic carbocycles. The van der Waals surface area contributed by atoms with Gasteiger partial charge in [0.2, 0.25) is 17.8 Å². The van der Waals surface area contributed by atoms with Crippen LogP contribution < -0.4 is 10.2 Å². The minimum absolute atomic E-state index is 0.0448. The molecule has 1 saturated carbocycles. The van der Waals surface area contributed by atoms with Crippen LogP contribution in [0.5, 0.6) is 5.75 Å². The molecule has 3 fully saturated rings. The summed E-state index contributed by atoms with van der Waals surface area (Å²) < 4.78 is 3.97. The highest BCUT2D eigenvalue weighted by Crippen LogP contribution is 2.44. The number of aromatic nitrogens is 9. The van der Waals surface area contributed by atoms with Crippen molar-refractivity contribution < 1.29 is 19.8 Å². The second-order valence-electron chi connectivity index (χ2n) is 17.7. The van der Waals surface area contributed by atoms with Crippen molar-refractivity contribution >= 4 is 40.1 Å². The second kappa shape index (κ2) is 16.8. The van der Waals surface area contributed by atoms with Crippen molar-refractivity contribution in [1.29, 1.82) is 0 Å². The van der Waals surface area contributed by atoms with Crippen LogP contribution in [0.4, 0.5) is 5.95 Å². The SMILES string of the molecule is Cc1ncsc1-c1ccc([C@H](C)NC(=O)[C@@H]2C[C@@H](O)CN2C(=O)C(C(C)C)n2cc(-c3cnc(N4CC[C@H](c5cc6nnc(-c7ccccc7O)cc6n5C5CC5)C4)nc3)nn2)cc1. The summed E-state index contributed by atoms with van der Waals surface area (Å²) in [4.78, 5) is 46.8. The van der Waals surface area contributed by atoms with Gasteiger partial charge in [-0.3, -0.25) is 9.59 Å². The number of para-hydroxylation sites is 1. The van der Waals surface area contributed by atoms with Crippen LogP contribution in [-0.2, 0) is 9.59 Å². The lowest BCUT2D eigenvalue weighted by molar-refractivity contribution is -0.142. The first kappa shape index (κ1) is 41.4. The van der Waals surface area contributed by atoms with Gasteiger partial charge in [-0.2, -0.15) is 0 Å². The number of phenols is 1. The lowest BCUT2D eigenvalue weighted by Gasteiger charge is -2.30. The van der Waals surface area contributed by atoms with E-state index in [-0.39, 0.29) is 48.4 Å². The summed E-state index contributed by atoms with van der Waals surface area (Å²) in [7, 11) is 0. The average Bonchev–Trinajstić information content (AvgIpc) is 3.81. The lowest BCUT2D eigenvalue weighted by atomic mass is 10.0. The first-order valence-corrected chi connectivity index (χ1v) is 22.8. The summed E-state index contributed by atoms with van der Waals surface area (Å²) in [5.41, 5.74) is 10.4. The van der Waals surface area contributed by atoms with Crippen LogP contribution in [-0.4, -0.2) is 103 Å². The number of thiazole rings is 1. The van der Waals surface area contributed by atoms with Gasteiger partial charge in [-0.1, -0.05) is 55.5 Å². The van der Waals surface area contributed by atoms with Gasteiger partial charge < -0.3 is 29.9 Å². The Morgan fingerprint density at radius 2 is 1.67 bits per heavy atom.